The Morgan fingerprint density at radius 2 is 1.88 bits per heavy atom. The van der Waals surface area contributed by atoms with Gasteiger partial charge in [-0.25, -0.2) is 4.79 Å². The number of benzene rings is 1. The topological polar surface area (TPSA) is 65.7 Å². The normalized spacial score (nSPS) is 10.4. The van der Waals surface area contributed by atoms with Crippen LogP contribution in [0.2, 0.25) is 0 Å². The van der Waals surface area contributed by atoms with Crippen molar-refractivity contribution >= 4 is 15.9 Å². The minimum absolute atomic E-state index is 0.363. The van der Waals surface area contributed by atoms with E-state index in [9.17, 15) is 9.59 Å². The molecular weight excluding hydrogens is 284 g/mol. The zero-order valence-corrected chi connectivity index (χ0v) is 10.6. The van der Waals surface area contributed by atoms with E-state index in [1.54, 1.807) is 0 Å². The second kappa shape index (κ2) is 5.14. The summed E-state index contributed by atoms with van der Waals surface area (Å²) >= 11 is 3.40. The van der Waals surface area contributed by atoms with Gasteiger partial charge in [0.05, 0.1) is 0 Å². The summed E-state index contributed by atoms with van der Waals surface area (Å²) in [5.41, 5.74) is 0.985. The van der Waals surface area contributed by atoms with Crippen LogP contribution in [0.1, 0.15) is 11.3 Å². The average Bonchev–Trinajstić information content (AvgIpc) is 2.25. The van der Waals surface area contributed by atoms with Crippen molar-refractivity contribution in [2.75, 3.05) is 0 Å². The maximum absolute atomic E-state index is 11.1. The van der Waals surface area contributed by atoms with Crippen LogP contribution in [0.4, 0.5) is 0 Å². The van der Waals surface area contributed by atoms with Crippen molar-refractivity contribution in [3.05, 3.63) is 66.9 Å². The Labute approximate surface area is 106 Å². The van der Waals surface area contributed by atoms with E-state index >= 15 is 0 Å². The van der Waals surface area contributed by atoms with Crippen molar-refractivity contribution in [3.8, 4) is 0 Å². The molecule has 17 heavy (non-hydrogen) atoms. The molecule has 0 aliphatic heterocycles. The molecule has 0 amide bonds. The summed E-state index contributed by atoms with van der Waals surface area (Å²) in [6.45, 7) is 0. The highest BCUT2D eigenvalue weighted by atomic mass is 79.9. The van der Waals surface area contributed by atoms with Gasteiger partial charge in [0, 0.05) is 16.2 Å². The average molecular weight is 295 g/mol. The highest BCUT2D eigenvalue weighted by Gasteiger charge is 1.99. The predicted octanol–water partition coefficient (Wildman–Crippen LogP) is 1.61. The fourth-order valence-corrected chi connectivity index (χ4v) is 2.07. The molecule has 0 atom stereocenters. The number of aromatic nitrogens is 2. The molecular formula is C12H11BrN2O2. The zero-order valence-electron chi connectivity index (χ0n) is 9.00. The minimum Gasteiger partial charge on any atom is -0.311 e. The Hall–Kier alpha value is -1.62. The number of nitrogens with one attached hydrogen (secondary N) is 2. The number of halogens is 1. The molecule has 0 saturated carbocycles. The van der Waals surface area contributed by atoms with E-state index < -0.39 is 5.69 Å². The molecule has 0 unspecified atom stereocenters. The molecule has 2 aromatic rings. The Kier molecular flexibility index (Phi) is 3.58. The Balaban J connectivity index is 2.12. The Morgan fingerprint density at radius 3 is 2.59 bits per heavy atom. The molecule has 0 saturated heterocycles. The third-order valence-corrected chi connectivity index (χ3v) is 2.88. The molecule has 1 aromatic carbocycles. The largest absolute Gasteiger partial charge is 0.325 e. The Bertz CT molecular complexity index is 602. The highest BCUT2D eigenvalue weighted by molar-refractivity contribution is 9.10. The summed E-state index contributed by atoms with van der Waals surface area (Å²) in [6, 6.07) is 9.36. The summed E-state index contributed by atoms with van der Waals surface area (Å²) in [5, 5.41) is 0. The number of hydrogen-bond donors (Lipinski definition) is 2. The first-order valence-electron chi connectivity index (χ1n) is 5.20. The van der Waals surface area contributed by atoms with Gasteiger partial charge in [-0.3, -0.25) is 9.78 Å². The second-order valence-electron chi connectivity index (χ2n) is 3.74. The van der Waals surface area contributed by atoms with Gasteiger partial charge in [0.15, 0.2) is 0 Å². The van der Waals surface area contributed by atoms with Gasteiger partial charge in [-0.05, 0) is 30.5 Å². The van der Waals surface area contributed by atoms with Crippen molar-refractivity contribution in [2.45, 2.75) is 12.8 Å². The Morgan fingerprint density at radius 1 is 1.06 bits per heavy atom. The highest BCUT2D eigenvalue weighted by Crippen LogP contribution is 2.12. The number of aromatic amines is 2. The van der Waals surface area contributed by atoms with Crippen molar-refractivity contribution in [1.82, 2.24) is 9.97 Å². The lowest BCUT2D eigenvalue weighted by Crippen LogP contribution is -2.23. The molecule has 2 N–H and O–H groups in total. The molecule has 1 aromatic heterocycles. The van der Waals surface area contributed by atoms with Gasteiger partial charge < -0.3 is 4.98 Å². The molecule has 0 aliphatic rings. The second-order valence-corrected chi connectivity index (χ2v) is 4.66. The van der Waals surface area contributed by atoms with Crippen molar-refractivity contribution in [2.24, 2.45) is 0 Å². The molecule has 5 heteroatoms. The van der Waals surface area contributed by atoms with E-state index in [1.165, 1.54) is 6.07 Å². The first kappa shape index (κ1) is 11.9. The monoisotopic (exact) mass is 294 g/mol. The van der Waals surface area contributed by atoms with E-state index in [1.807, 2.05) is 24.3 Å². The SMILES string of the molecule is O=c1cc(CCc2cccc(Br)c2)[nH]c(=O)[nH]1. The summed E-state index contributed by atoms with van der Waals surface area (Å²) < 4.78 is 1.02. The van der Waals surface area contributed by atoms with Crippen LogP contribution in [-0.4, -0.2) is 9.97 Å². The van der Waals surface area contributed by atoms with Crippen LogP contribution < -0.4 is 11.2 Å². The van der Waals surface area contributed by atoms with Crippen LogP contribution in [0.3, 0.4) is 0 Å². The molecule has 4 nitrogen and oxygen atoms in total. The molecule has 0 fully saturated rings. The van der Waals surface area contributed by atoms with E-state index in [-0.39, 0.29) is 5.56 Å². The molecule has 88 valence electrons. The van der Waals surface area contributed by atoms with Crippen molar-refractivity contribution < 1.29 is 0 Å². The van der Waals surface area contributed by atoms with Crippen LogP contribution in [-0.2, 0) is 12.8 Å². The number of H-pyrrole nitrogens is 2. The number of rotatable bonds is 3. The van der Waals surface area contributed by atoms with Gasteiger partial charge in [-0.1, -0.05) is 28.1 Å². The van der Waals surface area contributed by atoms with E-state index in [0.29, 0.717) is 12.1 Å². The van der Waals surface area contributed by atoms with Crippen LogP contribution in [0.15, 0.2) is 44.4 Å². The van der Waals surface area contributed by atoms with E-state index in [2.05, 4.69) is 25.9 Å². The smallest absolute Gasteiger partial charge is 0.311 e. The molecule has 0 bridgehead atoms. The fourth-order valence-electron chi connectivity index (χ4n) is 1.63. The lowest BCUT2D eigenvalue weighted by molar-refractivity contribution is 0.871. The van der Waals surface area contributed by atoms with E-state index in [0.717, 1.165) is 16.5 Å². The van der Waals surface area contributed by atoms with Crippen LogP contribution in [0.5, 0.6) is 0 Å². The molecule has 1 heterocycles. The van der Waals surface area contributed by atoms with Crippen LogP contribution in [0, 0.1) is 0 Å². The standard InChI is InChI=1S/C12H11BrN2O2/c13-9-3-1-2-8(6-9)4-5-10-7-11(16)15-12(17)14-10/h1-3,6-7H,4-5H2,(H2,14,15,16,17). The zero-order chi connectivity index (χ0) is 12.3. The third-order valence-electron chi connectivity index (χ3n) is 2.39. The van der Waals surface area contributed by atoms with Gasteiger partial charge in [0.1, 0.15) is 0 Å². The fraction of sp³-hybridized carbons (Fsp3) is 0.167. The molecule has 0 spiro atoms. The van der Waals surface area contributed by atoms with Crippen LogP contribution in [0.25, 0.3) is 0 Å². The van der Waals surface area contributed by atoms with Gasteiger partial charge in [0.2, 0.25) is 0 Å². The van der Waals surface area contributed by atoms with Gasteiger partial charge in [-0.15, -0.1) is 0 Å². The first-order valence-corrected chi connectivity index (χ1v) is 6.00. The third kappa shape index (κ3) is 3.42. The summed E-state index contributed by atoms with van der Waals surface area (Å²) in [5.74, 6) is 0. The maximum atomic E-state index is 11.1. The van der Waals surface area contributed by atoms with Gasteiger partial charge in [0.25, 0.3) is 5.56 Å². The number of aryl methyl sites for hydroxylation is 2. The quantitative estimate of drug-likeness (QED) is 0.903. The summed E-state index contributed by atoms with van der Waals surface area (Å²) in [7, 11) is 0. The number of hydrogen-bond acceptors (Lipinski definition) is 2. The van der Waals surface area contributed by atoms with Crippen molar-refractivity contribution in [3.63, 3.8) is 0 Å². The molecule has 2 rings (SSSR count). The van der Waals surface area contributed by atoms with Crippen molar-refractivity contribution in [1.29, 1.82) is 0 Å². The molecule has 0 aliphatic carbocycles. The van der Waals surface area contributed by atoms with E-state index in [4.69, 9.17) is 0 Å². The lowest BCUT2D eigenvalue weighted by atomic mass is 10.1. The van der Waals surface area contributed by atoms with Crippen LogP contribution >= 0.6 is 15.9 Å². The lowest BCUT2D eigenvalue weighted by Gasteiger charge is -2.02. The minimum atomic E-state index is -0.457. The predicted molar refractivity (Wildman–Crippen MR) is 69.2 cm³/mol. The maximum Gasteiger partial charge on any atom is 0.325 e. The van der Waals surface area contributed by atoms with Gasteiger partial charge in [-0.2, -0.15) is 0 Å². The van der Waals surface area contributed by atoms with Gasteiger partial charge >= 0.3 is 5.69 Å². The molecule has 0 radical (unpaired) electrons. The summed E-state index contributed by atoms with van der Waals surface area (Å²) in [4.78, 5) is 26.9. The first-order chi connectivity index (χ1) is 8.13. The summed E-state index contributed by atoms with van der Waals surface area (Å²) in [6.07, 6.45) is 1.41.